The summed E-state index contributed by atoms with van der Waals surface area (Å²) in [5.74, 6) is 2.14. The van der Waals surface area contributed by atoms with E-state index >= 15 is 0 Å². The summed E-state index contributed by atoms with van der Waals surface area (Å²) in [5, 5.41) is 0. The van der Waals surface area contributed by atoms with Crippen molar-refractivity contribution in [3.63, 3.8) is 0 Å². The molecule has 2 bridgehead atoms. The van der Waals surface area contributed by atoms with Gasteiger partial charge < -0.3 is 0 Å². The lowest BCUT2D eigenvalue weighted by Gasteiger charge is -2.42. The summed E-state index contributed by atoms with van der Waals surface area (Å²) in [6.45, 7) is 0. The Morgan fingerprint density at radius 3 is 0.917 bits per heavy atom. The summed E-state index contributed by atoms with van der Waals surface area (Å²) in [6.07, 6.45) is -4.52. The van der Waals surface area contributed by atoms with Gasteiger partial charge in [0, 0.05) is 45.2 Å². The van der Waals surface area contributed by atoms with Crippen LogP contribution in [0, 0.1) is 0 Å². The van der Waals surface area contributed by atoms with Crippen molar-refractivity contribution in [1.82, 2.24) is 29.9 Å². The first kappa shape index (κ1) is 42.9. The lowest BCUT2D eigenvalue weighted by Crippen LogP contribution is -2.28. The van der Waals surface area contributed by atoms with E-state index in [-0.39, 0.29) is 5.92 Å². The fourth-order valence-electron chi connectivity index (χ4n) is 10.4. The van der Waals surface area contributed by atoms with Crippen LogP contribution >= 0.6 is 0 Å². The van der Waals surface area contributed by atoms with Gasteiger partial charge in [-0.15, -0.1) is 0 Å². The number of hydrogen-bond donors (Lipinski definition) is 0. The van der Waals surface area contributed by atoms with Gasteiger partial charge in [0.15, 0.2) is 34.9 Å². The number of aromatic nitrogens is 6. The van der Waals surface area contributed by atoms with Crippen LogP contribution < -0.4 is 0 Å². The largest absolute Gasteiger partial charge is 0.416 e. The van der Waals surface area contributed by atoms with Crippen LogP contribution in [0.3, 0.4) is 0 Å². The molecule has 11 aromatic rings. The quantitative estimate of drug-likeness (QED) is 0.151. The van der Waals surface area contributed by atoms with Crippen molar-refractivity contribution in [3.05, 3.63) is 263 Å². The third-order valence-electron chi connectivity index (χ3n) is 13.8. The molecule has 9 aromatic carbocycles. The zero-order chi connectivity index (χ0) is 48.3. The highest BCUT2D eigenvalue weighted by molar-refractivity contribution is 5.78. The van der Waals surface area contributed by atoms with Gasteiger partial charge in [0.2, 0.25) is 0 Å². The Morgan fingerprint density at radius 1 is 0.236 bits per heavy atom. The second-order valence-electron chi connectivity index (χ2n) is 18.1. The molecule has 0 fully saturated rings. The number of nitrogens with zero attached hydrogens (tertiary/aromatic N) is 6. The van der Waals surface area contributed by atoms with Gasteiger partial charge in [0.25, 0.3) is 0 Å². The molecule has 2 heterocycles. The third-order valence-corrected chi connectivity index (χ3v) is 13.8. The maximum Gasteiger partial charge on any atom is 0.416 e. The smallest absolute Gasteiger partial charge is 0.208 e. The Morgan fingerprint density at radius 2 is 0.528 bits per heavy atom. The van der Waals surface area contributed by atoms with Crippen LogP contribution in [0.1, 0.15) is 50.8 Å². The molecule has 0 saturated heterocycles. The zero-order valence-electron chi connectivity index (χ0n) is 38.3. The molecule has 2 aromatic heterocycles. The zero-order valence-corrected chi connectivity index (χ0v) is 38.3. The molecular weight excluding hydrogens is 898 g/mol. The maximum absolute atomic E-state index is 14.6. The first-order chi connectivity index (χ1) is 35.3. The van der Waals surface area contributed by atoms with Crippen molar-refractivity contribution >= 4 is 0 Å². The average Bonchev–Trinajstić information content (AvgIpc) is 3.45. The summed E-state index contributed by atoms with van der Waals surface area (Å²) in [6, 6.07) is 72.8. The van der Waals surface area contributed by atoms with Crippen molar-refractivity contribution < 1.29 is 13.2 Å². The minimum Gasteiger partial charge on any atom is -0.208 e. The van der Waals surface area contributed by atoms with E-state index in [4.69, 9.17) is 29.9 Å². The van der Waals surface area contributed by atoms with Gasteiger partial charge in [-0.3, -0.25) is 0 Å². The van der Waals surface area contributed by atoms with Crippen molar-refractivity contribution in [1.29, 1.82) is 0 Å². The first-order valence-corrected chi connectivity index (χ1v) is 23.7. The molecule has 0 amide bonds. The second kappa shape index (κ2) is 17.3. The highest BCUT2D eigenvalue weighted by Gasteiger charge is 2.43. The Hall–Kier alpha value is -9.21. The van der Waals surface area contributed by atoms with E-state index < -0.39 is 17.7 Å². The number of alkyl halides is 3. The standard InChI is InChI=1S/C63H39F3N6/c64-63(65,66)48-29-32-51-54(37-48)56-50-31-28-46(61-69-57(40-19-9-3-10-20-40)67-59(71-61)44-25-13-23-42(33-44)38-15-5-1-6-16-38)35-52(50)55(51)49-30-27-47(36-53(49)56)62-70-58(41-21-11-4-12-22-41)68-60(72-62)45-26-14-24-43(34-45)39-17-7-2-8-18-39/h1-37,55-56H. The average molecular weight is 937 g/mol. The van der Waals surface area contributed by atoms with E-state index in [1.165, 1.54) is 12.1 Å². The number of halogens is 3. The molecule has 2 atom stereocenters. The molecule has 0 aliphatic heterocycles. The van der Waals surface area contributed by atoms with E-state index in [1.54, 1.807) is 6.07 Å². The fraction of sp³-hybridized carbons (Fsp3) is 0.0476. The van der Waals surface area contributed by atoms with Gasteiger partial charge >= 0.3 is 6.18 Å². The monoisotopic (exact) mass is 936 g/mol. The fourth-order valence-corrected chi connectivity index (χ4v) is 10.4. The van der Waals surface area contributed by atoms with Crippen molar-refractivity contribution in [2.75, 3.05) is 0 Å². The lowest BCUT2D eigenvalue weighted by molar-refractivity contribution is -0.137. The third kappa shape index (κ3) is 7.72. The molecule has 342 valence electrons. The molecule has 3 aliphatic rings. The van der Waals surface area contributed by atoms with Crippen LogP contribution in [0.25, 0.3) is 90.6 Å². The molecule has 0 saturated carbocycles. The summed E-state index contributed by atoms with van der Waals surface area (Å²) in [5.41, 5.74) is 13.7. The number of hydrogen-bond acceptors (Lipinski definition) is 6. The summed E-state index contributed by atoms with van der Waals surface area (Å²) >= 11 is 0. The van der Waals surface area contributed by atoms with Gasteiger partial charge in [0.1, 0.15) is 0 Å². The second-order valence-corrected chi connectivity index (χ2v) is 18.1. The molecule has 72 heavy (non-hydrogen) atoms. The van der Waals surface area contributed by atoms with Crippen LogP contribution in [0.2, 0.25) is 0 Å². The molecule has 0 spiro atoms. The Kier molecular flexibility index (Phi) is 10.3. The van der Waals surface area contributed by atoms with Gasteiger partial charge in [-0.1, -0.05) is 188 Å². The topological polar surface area (TPSA) is 77.3 Å². The van der Waals surface area contributed by atoms with E-state index in [1.807, 2.05) is 140 Å². The van der Waals surface area contributed by atoms with Crippen molar-refractivity contribution in [3.8, 4) is 90.6 Å². The van der Waals surface area contributed by atoms with Crippen molar-refractivity contribution in [2.24, 2.45) is 0 Å². The molecule has 9 heteroatoms. The van der Waals surface area contributed by atoms with Crippen LogP contribution in [-0.2, 0) is 6.18 Å². The van der Waals surface area contributed by atoms with Gasteiger partial charge in [-0.2, -0.15) is 13.2 Å². The number of rotatable bonds is 8. The highest BCUT2D eigenvalue weighted by atomic mass is 19.4. The molecule has 3 aliphatic carbocycles. The Balaban J connectivity index is 0.947. The van der Waals surface area contributed by atoms with Gasteiger partial charge in [-0.05, 0) is 92.0 Å². The SMILES string of the molecule is FC(F)(F)c1ccc2c(c1)C1c3ccc(-c4nc(-c5ccccc5)nc(-c5cccc(-c6ccccc6)c5)n4)cc3C2c2ccc(-c3nc(-c4ccccc4)nc(-c4cccc(-c5ccccc5)c4)n3)cc21. The predicted molar refractivity (Wildman–Crippen MR) is 276 cm³/mol. The molecule has 0 N–H and O–H groups in total. The first-order valence-electron chi connectivity index (χ1n) is 23.7. The number of benzene rings is 9. The van der Waals surface area contributed by atoms with E-state index in [2.05, 4.69) is 66.7 Å². The minimum absolute atomic E-state index is 0.377. The molecule has 2 unspecified atom stereocenters. The van der Waals surface area contributed by atoms with E-state index in [0.717, 1.165) is 83.5 Å². The molecule has 14 rings (SSSR count). The lowest BCUT2D eigenvalue weighted by atomic mass is 9.60. The van der Waals surface area contributed by atoms with Gasteiger partial charge in [-0.25, -0.2) is 29.9 Å². The Labute approximate surface area is 413 Å². The molecule has 6 nitrogen and oxygen atoms in total. The van der Waals surface area contributed by atoms with Gasteiger partial charge in [0.05, 0.1) is 5.56 Å². The van der Waals surface area contributed by atoms with E-state index in [9.17, 15) is 13.2 Å². The Bertz CT molecular complexity index is 3860. The van der Waals surface area contributed by atoms with Crippen LogP contribution in [0.4, 0.5) is 13.2 Å². The highest BCUT2D eigenvalue weighted by Crippen LogP contribution is 2.57. The molecule has 0 radical (unpaired) electrons. The summed E-state index contributed by atoms with van der Waals surface area (Å²) in [4.78, 5) is 30.4. The van der Waals surface area contributed by atoms with Crippen LogP contribution in [0.5, 0.6) is 0 Å². The van der Waals surface area contributed by atoms with Crippen LogP contribution in [-0.4, -0.2) is 29.9 Å². The minimum atomic E-state index is -4.52. The van der Waals surface area contributed by atoms with Crippen molar-refractivity contribution in [2.45, 2.75) is 18.0 Å². The normalized spacial score (nSPS) is 14.3. The van der Waals surface area contributed by atoms with E-state index in [0.29, 0.717) is 40.5 Å². The van der Waals surface area contributed by atoms with Crippen LogP contribution in [0.15, 0.2) is 224 Å². The summed E-state index contributed by atoms with van der Waals surface area (Å²) < 4.78 is 43.7. The summed E-state index contributed by atoms with van der Waals surface area (Å²) in [7, 11) is 0. The maximum atomic E-state index is 14.6. The predicted octanol–water partition coefficient (Wildman–Crippen LogP) is 15.4. The molecular formula is C63H39F3N6.